The maximum absolute atomic E-state index is 11.5. The molecule has 3 rings (SSSR count). The first-order valence-corrected chi connectivity index (χ1v) is 5.68. The van der Waals surface area contributed by atoms with E-state index in [1.807, 2.05) is 42.5 Å². The third kappa shape index (κ3) is 1.41. The van der Waals surface area contributed by atoms with Crippen molar-refractivity contribution in [1.82, 2.24) is 0 Å². The Morgan fingerprint density at radius 2 is 1.67 bits per heavy atom. The number of primary amides is 1. The molecule has 0 heterocycles. The Labute approximate surface area is 104 Å². The lowest BCUT2D eigenvalue weighted by Crippen LogP contribution is -2.12. The highest BCUT2D eigenvalue weighted by atomic mass is 16.1. The Hall–Kier alpha value is -2.55. The SMILES string of the molecule is NC(=O)c1cccc2cc3ccccc3c(N)c12. The molecule has 0 atom stereocenters. The van der Waals surface area contributed by atoms with Gasteiger partial charge in [-0.05, 0) is 22.9 Å². The Bertz CT molecular complexity index is 778. The van der Waals surface area contributed by atoms with Gasteiger partial charge in [-0.1, -0.05) is 36.4 Å². The van der Waals surface area contributed by atoms with Gasteiger partial charge >= 0.3 is 0 Å². The summed E-state index contributed by atoms with van der Waals surface area (Å²) < 4.78 is 0. The van der Waals surface area contributed by atoms with E-state index >= 15 is 0 Å². The van der Waals surface area contributed by atoms with E-state index in [1.165, 1.54) is 0 Å². The quantitative estimate of drug-likeness (QED) is 0.503. The van der Waals surface area contributed by atoms with E-state index in [1.54, 1.807) is 6.07 Å². The van der Waals surface area contributed by atoms with Crippen LogP contribution in [0.3, 0.4) is 0 Å². The van der Waals surface area contributed by atoms with Gasteiger partial charge in [0.25, 0.3) is 0 Å². The molecular formula is C15H12N2O. The van der Waals surface area contributed by atoms with Crippen LogP contribution in [-0.4, -0.2) is 5.91 Å². The largest absolute Gasteiger partial charge is 0.398 e. The fourth-order valence-electron chi connectivity index (χ4n) is 2.37. The topological polar surface area (TPSA) is 69.1 Å². The minimum Gasteiger partial charge on any atom is -0.398 e. The Balaban J connectivity index is 2.57. The number of benzene rings is 3. The number of carbonyl (C=O) groups excluding carboxylic acids is 1. The molecule has 0 aliphatic carbocycles. The molecule has 3 aromatic carbocycles. The molecule has 1 amide bonds. The van der Waals surface area contributed by atoms with Crippen molar-refractivity contribution in [2.24, 2.45) is 5.73 Å². The lowest BCUT2D eigenvalue weighted by atomic mass is 9.97. The average molecular weight is 236 g/mol. The van der Waals surface area contributed by atoms with Crippen molar-refractivity contribution in [2.45, 2.75) is 0 Å². The monoisotopic (exact) mass is 236 g/mol. The number of hydrogen-bond donors (Lipinski definition) is 2. The van der Waals surface area contributed by atoms with E-state index in [0.29, 0.717) is 11.3 Å². The van der Waals surface area contributed by atoms with Gasteiger partial charge in [-0.25, -0.2) is 0 Å². The first kappa shape index (κ1) is 10.6. The molecule has 0 aromatic heterocycles. The number of carbonyl (C=O) groups is 1. The highest BCUT2D eigenvalue weighted by molar-refractivity contribution is 6.17. The van der Waals surface area contributed by atoms with E-state index in [-0.39, 0.29) is 0 Å². The zero-order valence-corrected chi connectivity index (χ0v) is 9.68. The molecule has 0 bridgehead atoms. The van der Waals surface area contributed by atoms with Crippen LogP contribution in [0.25, 0.3) is 21.5 Å². The molecule has 3 heteroatoms. The van der Waals surface area contributed by atoms with Gasteiger partial charge in [0.15, 0.2) is 0 Å². The summed E-state index contributed by atoms with van der Waals surface area (Å²) in [4.78, 5) is 11.5. The van der Waals surface area contributed by atoms with Gasteiger partial charge in [0, 0.05) is 22.0 Å². The molecule has 18 heavy (non-hydrogen) atoms. The van der Waals surface area contributed by atoms with Crippen molar-refractivity contribution in [3.63, 3.8) is 0 Å². The van der Waals surface area contributed by atoms with E-state index in [9.17, 15) is 4.79 Å². The summed E-state index contributed by atoms with van der Waals surface area (Å²) >= 11 is 0. The molecule has 4 N–H and O–H groups in total. The Kier molecular flexibility index (Phi) is 2.20. The van der Waals surface area contributed by atoms with Crippen molar-refractivity contribution in [3.8, 4) is 0 Å². The molecule has 88 valence electrons. The van der Waals surface area contributed by atoms with Gasteiger partial charge in [0.05, 0.1) is 0 Å². The maximum atomic E-state index is 11.5. The molecule has 0 saturated heterocycles. The first-order chi connectivity index (χ1) is 8.68. The number of amides is 1. The molecule has 0 spiro atoms. The molecule has 0 fully saturated rings. The van der Waals surface area contributed by atoms with E-state index < -0.39 is 5.91 Å². The number of hydrogen-bond acceptors (Lipinski definition) is 2. The third-order valence-corrected chi connectivity index (χ3v) is 3.19. The van der Waals surface area contributed by atoms with E-state index in [2.05, 4.69) is 0 Å². The van der Waals surface area contributed by atoms with Gasteiger partial charge in [-0.2, -0.15) is 0 Å². The van der Waals surface area contributed by atoms with E-state index in [0.717, 1.165) is 21.5 Å². The first-order valence-electron chi connectivity index (χ1n) is 5.68. The molecule has 0 unspecified atom stereocenters. The smallest absolute Gasteiger partial charge is 0.249 e. The number of fused-ring (bicyclic) bond motifs is 2. The standard InChI is InChI=1S/C15H12N2O/c16-14-11-6-2-1-4-9(11)8-10-5-3-7-12(13(10)14)15(17)18/h1-8H,16H2,(H2,17,18). The minimum absolute atomic E-state index is 0.456. The Morgan fingerprint density at radius 3 is 2.44 bits per heavy atom. The fraction of sp³-hybridized carbons (Fsp3) is 0. The molecule has 3 aromatic rings. The predicted molar refractivity (Wildman–Crippen MR) is 74.4 cm³/mol. The summed E-state index contributed by atoms with van der Waals surface area (Å²) in [6.07, 6.45) is 0. The fourth-order valence-corrected chi connectivity index (χ4v) is 2.37. The number of nitrogen functional groups attached to an aromatic ring is 1. The van der Waals surface area contributed by atoms with E-state index in [4.69, 9.17) is 11.5 Å². The van der Waals surface area contributed by atoms with Gasteiger partial charge in [-0.15, -0.1) is 0 Å². The van der Waals surface area contributed by atoms with Crippen molar-refractivity contribution < 1.29 is 4.79 Å². The van der Waals surface area contributed by atoms with Crippen LogP contribution in [0.5, 0.6) is 0 Å². The highest BCUT2D eigenvalue weighted by Crippen LogP contribution is 2.32. The highest BCUT2D eigenvalue weighted by Gasteiger charge is 2.11. The van der Waals surface area contributed by atoms with Crippen LogP contribution >= 0.6 is 0 Å². The number of rotatable bonds is 1. The predicted octanol–water partition coefficient (Wildman–Crippen LogP) is 2.67. The zero-order chi connectivity index (χ0) is 12.7. The maximum Gasteiger partial charge on any atom is 0.249 e. The summed E-state index contributed by atoms with van der Waals surface area (Å²) in [6.45, 7) is 0. The van der Waals surface area contributed by atoms with Crippen LogP contribution in [0, 0.1) is 0 Å². The van der Waals surface area contributed by atoms with Gasteiger partial charge in [0.2, 0.25) is 5.91 Å². The van der Waals surface area contributed by atoms with Crippen molar-refractivity contribution >= 4 is 33.1 Å². The van der Waals surface area contributed by atoms with Crippen LogP contribution in [0.15, 0.2) is 48.5 Å². The van der Waals surface area contributed by atoms with Crippen molar-refractivity contribution in [3.05, 3.63) is 54.1 Å². The summed E-state index contributed by atoms with van der Waals surface area (Å²) in [5.41, 5.74) is 12.7. The van der Waals surface area contributed by atoms with Gasteiger partial charge in [-0.3, -0.25) is 4.79 Å². The summed E-state index contributed by atoms with van der Waals surface area (Å²) in [5, 5.41) is 3.68. The molecular weight excluding hydrogens is 224 g/mol. The summed E-state index contributed by atoms with van der Waals surface area (Å²) in [5.74, 6) is -0.456. The summed E-state index contributed by atoms with van der Waals surface area (Å²) in [7, 11) is 0. The lowest BCUT2D eigenvalue weighted by molar-refractivity contribution is 0.100. The van der Waals surface area contributed by atoms with Gasteiger partial charge < -0.3 is 11.5 Å². The third-order valence-electron chi connectivity index (χ3n) is 3.19. The van der Waals surface area contributed by atoms with Crippen molar-refractivity contribution in [1.29, 1.82) is 0 Å². The van der Waals surface area contributed by atoms with Crippen LogP contribution in [0.2, 0.25) is 0 Å². The van der Waals surface area contributed by atoms with Gasteiger partial charge in [0.1, 0.15) is 0 Å². The lowest BCUT2D eigenvalue weighted by Gasteiger charge is -2.10. The molecule has 0 radical (unpaired) electrons. The molecule has 0 aliphatic heterocycles. The molecule has 0 aliphatic rings. The van der Waals surface area contributed by atoms with Crippen LogP contribution in [-0.2, 0) is 0 Å². The summed E-state index contributed by atoms with van der Waals surface area (Å²) in [6, 6.07) is 15.3. The van der Waals surface area contributed by atoms with Crippen LogP contribution in [0.1, 0.15) is 10.4 Å². The number of anilines is 1. The Morgan fingerprint density at radius 1 is 0.944 bits per heavy atom. The average Bonchev–Trinajstić information content (AvgIpc) is 2.38. The normalized spacial score (nSPS) is 10.9. The number of nitrogens with two attached hydrogens (primary N) is 2. The van der Waals surface area contributed by atoms with Crippen LogP contribution < -0.4 is 11.5 Å². The van der Waals surface area contributed by atoms with Crippen molar-refractivity contribution in [2.75, 3.05) is 5.73 Å². The second-order valence-corrected chi connectivity index (χ2v) is 4.28. The van der Waals surface area contributed by atoms with Crippen LogP contribution in [0.4, 0.5) is 5.69 Å². The zero-order valence-electron chi connectivity index (χ0n) is 9.68. The minimum atomic E-state index is -0.456. The molecule has 0 saturated carbocycles. The second-order valence-electron chi connectivity index (χ2n) is 4.28. The molecule has 3 nitrogen and oxygen atoms in total. The second kappa shape index (κ2) is 3.74.